The van der Waals surface area contributed by atoms with Gasteiger partial charge in [-0.3, -0.25) is 4.68 Å². The maximum Gasteiger partial charge on any atom is 0.435 e. The lowest BCUT2D eigenvalue weighted by atomic mass is 10.1. The molecule has 4 heterocycles. The molecular weight excluding hydrogens is 449 g/mol. The molecule has 1 N–H and O–H groups in total. The Morgan fingerprint density at radius 3 is 2.59 bits per heavy atom. The summed E-state index contributed by atoms with van der Waals surface area (Å²) in [6, 6.07) is 4.02. The van der Waals surface area contributed by atoms with E-state index in [1.165, 1.54) is 4.68 Å². The average molecular weight is 473 g/mol. The van der Waals surface area contributed by atoms with Crippen LogP contribution in [-0.2, 0) is 17.5 Å². The fraction of sp³-hybridized carbons (Fsp3) is 0.550. The van der Waals surface area contributed by atoms with Crippen LogP contribution in [0, 0.1) is 0 Å². The second-order valence-electron chi connectivity index (χ2n) is 7.75. The maximum atomic E-state index is 13.2. The molecule has 8 nitrogen and oxygen atoms in total. The number of piperazine rings is 1. The first kappa shape index (κ1) is 22.7. The van der Waals surface area contributed by atoms with Gasteiger partial charge in [-0.2, -0.15) is 18.3 Å². The van der Waals surface area contributed by atoms with Crippen LogP contribution in [0.25, 0.3) is 0 Å². The van der Waals surface area contributed by atoms with Gasteiger partial charge in [-0.1, -0.05) is 11.6 Å². The van der Waals surface area contributed by atoms with E-state index in [-0.39, 0.29) is 18.6 Å². The monoisotopic (exact) mass is 472 g/mol. The summed E-state index contributed by atoms with van der Waals surface area (Å²) in [4.78, 5) is 20.6. The fourth-order valence-corrected chi connectivity index (χ4v) is 4.20. The third kappa shape index (κ3) is 5.09. The first-order chi connectivity index (χ1) is 15.3. The van der Waals surface area contributed by atoms with Gasteiger partial charge in [0.15, 0.2) is 5.69 Å². The van der Waals surface area contributed by atoms with Gasteiger partial charge in [0.1, 0.15) is 5.82 Å². The molecule has 0 saturated carbocycles. The minimum absolute atomic E-state index is 0.0362. The Hall–Kier alpha value is -2.53. The van der Waals surface area contributed by atoms with Gasteiger partial charge in [0.05, 0.1) is 23.3 Å². The van der Waals surface area contributed by atoms with Gasteiger partial charge in [-0.15, -0.1) is 0 Å². The molecule has 2 aliphatic rings. The number of amides is 2. The van der Waals surface area contributed by atoms with E-state index in [0.717, 1.165) is 6.07 Å². The lowest BCUT2D eigenvalue weighted by molar-refractivity contribution is -0.141. The number of ether oxygens (including phenoxy) is 1. The Kier molecular flexibility index (Phi) is 6.75. The van der Waals surface area contributed by atoms with E-state index in [2.05, 4.69) is 15.4 Å². The van der Waals surface area contributed by atoms with E-state index in [4.69, 9.17) is 16.3 Å². The normalized spacial score (nSPS) is 18.1. The van der Waals surface area contributed by atoms with E-state index < -0.39 is 11.9 Å². The number of hydrogen-bond acceptors (Lipinski definition) is 5. The first-order valence-electron chi connectivity index (χ1n) is 10.4. The molecule has 0 radical (unpaired) electrons. The van der Waals surface area contributed by atoms with Gasteiger partial charge >= 0.3 is 12.2 Å². The minimum Gasteiger partial charge on any atom is -0.381 e. The average Bonchev–Trinajstić information content (AvgIpc) is 3.23. The highest BCUT2D eigenvalue weighted by Crippen LogP contribution is 2.31. The zero-order valence-corrected chi connectivity index (χ0v) is 18.1. The van der Waals surface area contributed by atoms with Gasteiger partial charge in [0, 0.05) is 45.6 Å². The van der Waals surface area contributed by atoms with Gasteiger partial charge < -0.3 is 19.9 Å². The molecule has 2 amide bonds. The number of halogens is 4. The Balaban J connectivity index is 1.37. The number of rotatable bonds is 4. The largest absolute Gasteiger partial charge is 0.435 e. The Morgan fingerprint density at radius 2 is 1.94 bits per heavy atom. The van der Waals surface area contributed by atoms with Gasteiger partial charge in [0.2, 0.25) is 0 Å². The number of hydrogen-bond donors (Lipinski definition) is 1. The number of nitrogens with zero attached hydrogens (tertiary/aromatic N) is 5. The highest BCUT2D eigenvalue weighted by molar-refractivity contribution is 6.32. The van der Waals surface area contributed by atoms with E-state index in [0.29, 0.717) is 68.8 Å². The van der Waals surface area contributed by atoms with Crippen molar-refractivity contribution in [2.75, 3.05) is 44.3 Å². The predicted molar refractivity (Wildman–Crippen MR) is 112 cm³/mol. The second kappa shape index (κ2) is 9.53. The van der Waals surface area contributed by atoms with Crippen LogP contribution in [-0.4, -0.2) is 65.1 Å². The molecule has 0 bridgehead atoms. The van der Waals surface area contributed by atoms with Gasteiger partial charge in [-0.05, 0) is 31.0 Å². The number of carbonyl (C=O) groups is 1. The molecule has 2 aliphatic heterocycles. The first-order valence-corrected chi connectivity index (χ1v) is 10.8. The predicted octanol–water partition coefficient (Wildman–Crippen LogP) is 3.33. The molecule has 2 aromatic rings. The summed E-state index contributed by atoms with van der Waals surface area (Å²) in [5, 5.41) is 7.09. The standard InChI is InChI=1S/C20H24ClF3N6O2/c21-16-2-1-5-25-18(16)28-6-8-29(9-7-28)19(31)26-13-15-12-17(20(22,23)24)27-30(15)14-3-10-32-11-4-14/h1-2,5,12,14H,3-4,6-11,13H2,(H,26,31). The van der Waals surface area contributed by atoms with Crippen molar-refractivity contribution in [1.82, 2.24) is 25.0 Å². The smallest absolute Gasteiger partial charge is 0.381 e. The molecule has 0 atom stereocenters. The third-order valence-electron chi connectivity index (χ3n) is 5.67. The molecule has 2 saturated heterocycles. The van der Waals surface area contributed by atoms with Crippen LogP contribution in [0.3, 0.4) is 0 Å². The summed E-state index contributed by atoms with van der Waals surface area (Å²) < 4.78 is 46.4. The molecule has 0 unspecified atom stereocenters. The molecule has 0 spiro atoms. The van der Waals surface area contributed by atoms with Crippen molar-refractivity contribution in [1.29, 1.82) is 0 Å². The molecule has 4 rings (SSSR count). The van der Waals surface area contributed by atoms with Crippen LogP contribution >= 0.6 is 11.6 Å². The van der Waals surface area contributed by atoms with Crippen molar-refractivity contribution in [2.45, 2.75) is 31.6 Å². The SMILES string of the molecule is O=C(NCc1cc(C(F)(F)F)nn1C1CCOCC1)N1CCN(c2ncccc2Cl)CC1. The summed E-state index contributed by atoms with van der Waals surface area (Å²) in [5.74, 6) is 0.675. The lowest BCUT2D eigenvalue weighted by Gasteiger charge is -2.35. The highest BCUT2D eigenvalue weighted by atomic mass is 35.5. The summed E-state index contributed by atoms with van der Waals surface area (Å²) in [7, 11) is 0. The number of anilines is 1. The molecule has 2 fully saturated rings. The van der Waals surface area contributed by atoms with Crippen molar-refractivity contribution in [2.24, 2.45) is 0 Å². The van der Waals surface area contributed by atoms with Crippen molar-refractivity contribution >= 4 is 23.4 Å². The maximum absolute atomic E-state index is 13.2. The van der Waals surface area contributed by atoms with Crippen molar-refractivity contribution in [3.8, 4) is 0 Å². The number of aromatic nitrogens is 3. The quantitative estimate of drug-likeness (QED) is 0.738. The zero-order chi connectivity index (χ0) is 22.7. The highest BCUT2D eigenvalue weighted by Gasteiger charge is 2.36. The Labute approximate surface area is 188 Å². The van der Waals surface area contributed by atoms with Gasteiger partial charge in [0.25, 0.3) is 0 Å². The van der Waals surface area contributed by atoms with Gasteiger partial charge in [-0.25, -0.2) is 9.78 Å². The Bertz CT molecular complexity index is 940. The summed E-state index contributed by atoms with van der Waals surface area (Å²) in [6.07, 6.45) is -1.72. The molecule has 0 aliphatic carbocycles. The van der Waals surface area contributed by atoms with E-state index in [1.807, 2.05) is 4.90 Å². The summed E-state index contributed by atoms with van der Waals surface area (Å²) >= 11 is 6.19. The fourth-order valence-electron chi connectivity index (χ4n) is 3.96. The van der Waals surface area contributed by atoms with Crippen LogP contribution < -0.4 is 10.2 Å². The van der Waals surface area contributed by atoms with Crippen LogP contribution in [0.4, 0.5) is 23.8 Å². The van der Waals surface area contributed by atoms with E-state index in [9.17, 15) is 18.0 Å². The van der Waals surface area contributed by atoms with E-state index >= 15 is 0 Å². The molecule has 12 heteroatoms. The minimum atomic E-state index is -4.54. The molecule has 174 valence electrons. The van der Waals surface area contributed by atoms with Crippen LogP contribution in [0.5, 0.6) is 0 Å². The molecule has 2 aromatic heterocycles. The van der Waals surface area contributed by atoms with Crippen molar-refractivity contribution in [3.63, 3.8) is 0 Å². The molecule has 32 heavy (non-hydrogen) atoms. The number of urea groups is 1. The van der Waals surface area contributed by atoms with Crippen molar-refractivity contribution < 1.29 is 22.7 Å². The molecule has 0 aromatic carbocycles. The van der Waals surface area contributed by atoms with Crippen LogP contribution in [0.2, 0.25) is 5.02 Å². The number of pyridine rings is 1. The number of alkyl halides is 3. The molecular formula is C20H24ClF3N6O2. The topological polar surface area (TPSA) is 75.5 Å². The lowest BCUT2D eigenvalue weighted by Crippen LogP contribution is -2.52. The summed E-state index contributed by atoms with van der Waals surface area (Å²) in [5.41, 5.74) is -0.620. The van der Waals surface area contributed by atoms with Crippen molar-refractivity contribution in [3.05, 3.63) is 40.8 Å². The number of carbonyl (C=O) groups excluding carboxylic acids is 1. The number of nitrogens with one attached hydrogen (secondary N) is 1. The van der Waals surface area contributed by atoms with Crippen LogP contribution in [0.1, 0.15) is 30.3 Å². The third-order valence-corrected chi connectivity index (χ3v) is 5.96. The summed E-state index contributed by atoms with van der Waals surface area (Å²) in [6.45, 7) is 2.93. The van der Waals surface area contributed by atoms with E-state index in [1.54, 1.807) is 23.2 Å². The van der Waals surface area contributed by atoms with Crippen LogP contribution in [0.15, 0.2) is 24.4 Å². The Morgan fingerprint density at radius 1 is 1.22 bits per heavy atom. The second-order valence-corrected chi connectivity index (χ2v) is 8.16. The zero-order valence-electron chi connectivity index (χ0n) is 17.3.